The summed E-state index contributed by atoms with van der Waals surface area (Å²) in [5, 5.41) is 11.0. The van der Waals surface area contributed by atoms with Crippen LogP contribution in [-0.2, 0) is 26.5 Å². The molecule has 0 aliphatic carbocycles. The van der Waals surface area contributed by atoms with E-state index >= 15 is 0 Å². The van der Waals surface area contributed by atoms with Crippen molar-refractivity contribution in [2.75, 3.05) is 42.6 Å². The molecule has 0 radical (unpaired) electrons. The number of anilines is 1. The highest BCUT2D eigenvalue weighted by Gasteiger charge is 2.27. The van der Waals surface area contributed by atoms with Crippen LogP contribution in [0.15, 0.2) is 53.5 Å². The van der Waals surface area contributed by atoms with Gasteiger partial charge >= 0.3 is 0 Å². The van der Waals surface area contributed by atoms with Gasteiger partial charge in [0.25, 0.3) is 11.6 Å². The molecule has 35 heavy (non-hydrogen) atoms. The molecule has 0 spiro atoms. The maximum Gasteiger partial charge on any atom is 0.270 e. The van der Waals surface area contributed by atoms with E-state index in [9.17, 15) is 28.1 Å². The van der Waals surface area contributed by atoms with Crippen LogP contribution >= 0.6 is 11.3 Å². The van der Waals surface area contributed by atoms with Crippen molar-refractivity contribution in [3.05, 3.63) is 63.4 Å². The van der Waals surface area contributed by atoms with E-state index in [1.165, 1.54) is 17.0 Å². The van der Waals surface area contributed by atoms with Gasteiger partial charge in [0.05, 0.1) is 15.1 Å². The van der Waals surface area contributed by atoms with E-state index < -0.39 is 38.1 Å². The molecule has 2 heterocycles. The Morgan fingerprint density at radius 3 is 2.40 bits per heavy atom. The van der Waals surface area contributed by atoms with Crippen molar-refractivity contribution in [2.45, 2.75) is 0 Å². The molecule has 1 aliphatic heterocycles. The molecule has 2 amide bonds. The maximum atomic E-state index is 12.6. The molecule has 1 aliphatic rings. The number of sulfone groups is 1. The van der Waals surface area contributed by atoms with Gasteiger partial charge in [0, 0.05) is 51.0 Å². The summed E-state index contributed by atoms with van der Waals surface area (Å²) in [4.78, 5) is 43.2. The molecule has 1 fully saturated rings. The predicted molar refractivity (Wildman–Crippen MR) is 132 cm³/mol. The van der Waals surface area contributed by atoms with E-state index in [0.717, 1.165) is 17.0 Å². The van der Waals surface area contributed by atoms with Gasteiger partial charge in [0.15, 0.2) is 14.6 Å². The zero-order chi connectivity index (χ0) is 25.2. The average Bonchev–Trinajstić information content (AvgIpc) is 3.13. The number of carbonyl (C=O) groups is 2. The maximum absolute atomic E-state index is 12.6. The monoisotopic (exact) mass is 517 g/mol. The first-order valence-electron chi connectivity index (χ1n) is 10.7. The third-order valence-electron chi connectivity index (χ3n) is 5.66. The fourth-order valence-corrected chi connectivity index (χ4v) is 6.02. The minimum absolute atomic E-state index is 0.0945. The predicted octanol–water partition coefficient (Wildman–Crippen LogP) is 1.34. The molecule has 184 valence electrons. The summed E-state index contributed by atoms with van der Waals surface area (Å²) in [7, 11) is -2.39. The Morgan fingerprint density at radius 2 is 1.74 bits per heavy atom. The van der Waals surface area contributed by atoms with Crippen molar-refractivity contribution < 1.29 is 22.9 Å². The molecule has 0 saturated carbocycles. The number of hydrogen-bond donors (Lipinski definition) is 0. The molecule has 13 heteroatoms. The number of piperazine rings is 1. The molecule has 4 rings (SSSR count). The van der Waals surface area contributed by atoms with Crippen LogP contribution in [0.1, 0.15) is 0 Å². The lowest BCUT2D eigenvalue weighted by atomic mass is 10.2. The Balaban J connectivity index is 1.39. The Morgan fingerprint density at radius 1 is 1.06 bits per heavy atom. The number of aromatic nitrogens is 1. The SMILES string of the molecule is Cn1c(=NC(=O)CS(=O)(=O)CC(=O)N2CCN(c3ccccc3)CC2)sc2cc([N+](=O)[O-])ccc21. The third kappa shape index (κ3) is 5.74. The lowest BCUT2D eigenvalue weighted by Gasteiger charge is -2.36. The number of hydrogen-bond acceptors (Lipinski definition) is 8. The van der Waals surface area contributed by atoms with Crippen molar-refractivity contribution in [3.8, 4) is 0 Å². The Bertz CT molecular complexity index is 1450. The first kappa shape index (κ1) is 24.5. The van der Waals surface area contributed by atoms with Gasteiger partial charge in [-0.25, -0.2) is 8.42 Å². The van der Waals surface area contributed by atoms with Gasteiger partial charge in [0.1, 0.15) is 11.5 Å². The molecular formula is C22H23N5O6S2. The molecular weight excluding hydrogens is 494 g/mol. The molecule has 0 atom stereocenters. The van der Waals surface area contributed by atoms with Crippen LogP contribution in [0.4, 0.5) is 11.4 Å². The number of amides is 2. The second-order valence-electron chi connectivity index (χ2n) is 8.09. The van der Waals surface area contributed by atoms with Crippen molar-refractivity contribution in [3.63, 3.8) is 0 Å². The number of nitro groups is 1. The number of para-hydroxylation sites is 1. The average molecular weight is 518 g/mol. The van der Waals surface area contributed by atoms with Crippen molar-refractivity contribution in [1.29, 1.82) is 0 Å². The van der Waals surface area contributed by atoms with Crippen LogP contribution in [0, 0.1) is 10.1 Å². The Hall–Kier alpha value is -3.58. The van der Waals surface area contributed by atoms with Crippen LogP contribution in [-0.4, -0.2) is 72.3 Å². The number of aryl methyl sites for hydroxylation is 1. The highest BCUT2D eigenvalue weighted by atomic mass is 32.2. The summed E-state index contributed by atoms with van der Waals surface area (Å²) >= 11 is 1.04. The number of carbonyl (C=O) groups excluding carboxylic acids is 2. The lowest BCUT2D eigenvalue weighted by molar-refractivity contribution is -0.384. The van der Waals surface area contributed by atoms with E-state index in [4.69, 9.17) is 0 Å². The smallest absolute Gasteiger partial charge is 0.270 e. The van der Waals surface area contributed by atoms with Crippen LogP contribution in [0.3, 0.4) is 0 Å². The number of nitro benzene ring substituents is 1. The van der Waals surface area contributed by atoms with Crippen LogP contribution in [0.2, 0.25) is 0 Å². The normalized spacial score (nSPS) is 14.9. The molecule has 1 aromatic heterocycles. The lowest BCUT2D eigenvalue weighted by Crippen LogP contribution is -2.50. The number of benzene rings is 2. The molecule has 1 saturated heterocycles. The summed E-state index contributed by atoms with van der Waals surface area (Å²) in [6.07, 6.45) is 0. The summed E-state index contributed by atoms with van der Waals surface area (Å²) in [5.41, 5.74) is 1.58. The largest absolute Gasteiger partial charge is 0.368 e. The first-order valence-corrected chi connectivity index (χ1v) is 13.4. The first-order chi connectivity index (χ1) is 16.6. The third-order valence-corrected chi connectivity index (χ3v) is 8.13. The molecule has 0 bridgehead atoms. The van der Waals surface area contributed by atoms with Crippen LogP contribution in [0.5, 0.6) is 0 Å². The van der Waals surface area contributed by atoms with Crippen LogP contribution < -0.4 is 9.70 Å². The van der Waals surface area contributed by atoms with Gasteiger partial charge in [-0.3, -0.25) is 19.7 Å². The number of rotatable bonds is 6. The summed E-state index contributed by atoms with van der Waals surface area (Å²) in [6, 6.07) is 14.0. The summed E-state index contributed by atoms with van der Waals surface area (Å²) in [6.45, 7) is 1.96. The van der Waals surface area contributed by atoms with Gasteiger partial charge in [-0.05, 0) is 18.2 Å². The van der Waals surface area contributed by atoms with Crippen molar-refractivity contribution >= 4 is 54.6 Å². The summed E-state index contributed by atoms with van der Waals surface area (Å²) in [5.74, 6) is -3.09. The molecule has 3 aromatic rings. The topological polar surface area (TPSA) is 135 Å². The van der Waals surface area contributed by atoms with E-state index in [2.05, 4.69) is 9.89 Å². The second kappa shape index (κ2) is 9.96. The fraction of sp³-hybridized carbons (Fsp3) is 0.318. The highest BCUT2D eigenvalue weighted by Crippen LogP contribution is 2.22. The van der Waals surface area contributed by atoms with Gasteiger partial charge in [0.2, 0.25) is 5.91 Å². The molecule has 2 aromatic carbocycles. The number of fused-ring (bicyclic) bond motifs is 1. The van der Waals surface area contributed by atoms with Gasteiger partial charge in [-0.1, -0.05) is 29.5 Å². The Labute approximate surface area is 205 Å². The minimum atomic E-state index is -4.02. The highest BCUT2D eigenvalue weighted by molar-refractivity contribution is 7.92. The van der Waals surface area contributed by atoms with E-state index in [0.29, 0.717) is 36.4 Å². The molecule has 0 unspecified atom stereocenters. The molecule has 0 N–H and O–H groups in total. The van der Waals surface area contributed by atoms with Crippen molar-refractivity contribution in [2.24, 2.45) is 12.0 Å². The Kier molecular flexibility index (Phi) is 6.98. The number of thiazole rings is 1. The number of nitrogens with zero attached hydrogens (tertiary/aromatic N) is 5. The van der Waals surface area contributed by atoms with E-state index in [-0.39, 0.29) is 10.5 Å². The number of non-ortho nitro benzene ring substituents is 1. The van der Waals surface area contributed by atoms with Gasteiger partial charge < -0.3 is 14.4 Å². The fourth-order valence-electron chi connectivity index (χ4n) is 3.85. The zero-order valence-corrected chi connectivity index (χ0v) is 20.5. The minimum Gasteiger partial charge on any atom is -0.368 e. The van der Waals surface area contributed by atoms with Gasteiger partial charge in [-0.15, -0.1) is 0 Å². The van der Waals surface area contributed by atoms with E-state index in [1.807, 2.05) is 30.3 Å². The zero-order valence-electron chi connectivity index (χ0n) is 18.9. The summed E-state index contributed by atoms with van der Waals surface area (Å²) < 4.78 is 27.2. The standard InChI is InChI=1S/C22H23N5O6S2/c1-24-18-8-7-17(27(30)31)13-19(18)34-22(24)23-20(28)14-35(32,33)15-21(29)26-11-9-25(10-12-26)16-5-3-2-4-6-16/h2-8,13H,9-12,14-15H2,1H3. The second-order valence-corrected chi connectivity index (χ2v) is 11.2. The quantitative estimate of drug-likeness (QED) is 0.356. The van der Waals surface area contributed by atoms with Crippen molar-refractivity contribution in [1.82, 2.24) is 9.47 Å². The molecule has 11 nitrogen and oxygen atoms in total. The van der Waals surface area contributed by atoms with Crippen LogP contribution in [0.25, 0.3) is 10.2 Å². The van der Waals surface area contributed by atoms with E-state index in [1.54, 1.807) is 17.7 Å². The van der Waals surface area contributed by atoms with Gasteiger partial charge in [-0.2, -0.15) is 4.99 Å².